The molecule has 0 radical (unpaired) electrons. The van der Waals surface area contributed by atoms with Crippen molar-refractivity contribution in [3.05, 3.63) is 152 Å². The Morgan fingerprint density at radius 2 is 1.04 bits per heavy atom. The number of benzene rings is 8. The van der Waals surface area contributed by atoms with Gasteiger partial charge >= 0.3 is 0 Å². The molecule has 0 amide bonds. The lowest BCUT2D eigenvalue weighted by Crippen LogP contribution is -2.10. The van der Waals surface area contributed by atoms with E-state index < -0.39 is 0 Å². The minimum Gasteiger partial charge on any atom is -0.354 e. The lowest BCUT2D eigenvalue weighted by atomic mass is 9.99. The van der Waals surface area contributed by atoms with Crippen LogP contribution < -0.4 is 4.90 Å². The molecule has 11 aromatic rings. The lowest BCUT2D eigenvalue weighted by Gasteiger charge is -2.26. The van der Waals surface area contributed by atoms with Gasteiger partial charge in [-0.05, 0) is 71.1 Å². The van der Waals surface area contributed by atoms with Crippen molar-refractivity contribution in [1.82, 2.24) is 4.98 Å². The Morgan fingerprint density at radius 3 is 1.88 bits per heavy atom. The number of anilines is 3. The summed E-state index contributed by atoms with van der Waals surface area (Å²) < 4.78 is 5.32. The highest BCUT2D eigenvalue weighted by molar-refractivity contribution is 7.27. The molecule has 0 aliphatic heterocycles. The van der Waals surface area contributed by atoms with Crippen molar-refractivity contribution in [3.63, 3.8) is 0 Å². The smallest absolute Gasteiger partial charge is 0.0492 e. The zero-order valence-electron chi connectivity index (χ0n) is 25.7. The highest BCUT2D eigenvalue weighted by atomic mass is 32.1. The van der Waals surface area contributed by atoms with Gasteiger partial charge in [-0.2, -0.15) is 0 Å². The number of rotatable bonds is 4. The van der Waals surface area contributed by atoms with E-state index in [-0.39, 0.29) is 0 Å². The van der Waals surface area contributed by atoms with Crippen LogP contribution in [-0.2, 0) is 0 Å². The maximum absolute atomic E-state index is 3.86. The normalized spacial score (nSPS) is 12.2. The first-order valence-electron chi connectivity index (χ1n) is 16.3. The third-order valence-electron chi connectivity index (χ3n) is 9.92. The van der Waals surface area contributed by atoms with Gasteiger partial charge in [0.05, 0.1) is 0 Å². The molecule has 0 saturated heterocycles. The van der Waals surface area contributed by atoms with Crippen molar-refractivity contribution in [1.29, 1.82) is 0 Å². The summed E-state index contributed by atoms with van der Waals surface area (Å²) in [4.78, 5) is 6.27. The maximum Gasteiger partial charge on any atom is 0.0492 e. The Labute approximate surface area is 284 Å². The number of fused-ring (bicyclic) bond motifs is 7. The van der Waals surface area contributed by atoms with Gasteiger partial charge in [0.15, 0.2) is 0 Å². The number of H-pyrrole nitrogens is 1. The van der Waals surface area contributed by atoms with Gasteiger partial charge in [-0.15, -0.1) is 22.7 Å². The van der Waals surface area contributed by atoms with Gasteiger partial charge in [0, 0.05) is 84.6 Å². The topological polar surface area (TPSA) is 19.0 Å². The zero-order chi connectivity index (χ0) is 31.3. The number of hydrogen-bond donors (Lipinski definition) is 1. The second kappa shape index (κ2) is 9.91. The molecule has 0 spiro atoms. The SMILES string of the molecule is c1ccc(-c2ccc(N(c3cc4ccc5c6sc7ccccc7c6cc6[nH]c(c3)c4c65)c3ccc4c(c3)sc3ccccc34)cc2)cc1. The van der Waals surface area contributed by atoms with Crippen molar-refractivity contribution >= 4 is 113 Å². The van der Waals surface area contributed by atoms with Crippen LogP contribution in [0.15, 0.2) is 152 Å². The first kappa shape index (κ1) is 26.4. The fourth-order valence-electron chi connectivity index (χ4n) is 7.75. The highest BCUT2D eigenvalue weighted by Crippen LogP contribution is 2.47. The average Bonchev–Trinajstić information content (AvgIpc) is 3.82. The molecule has 0 unspecified atom stereocenters. The molecule has 8 aromatic carbocycles. The van der Waals surface area contributed by atoms with Gasteiger partial charge in [0.2, 0.25) is 0 Å². The summed E-state index contributed by atoms with van der Waals surface area (Å²) in [5.41, 5.74) is 8.21. The molecular formula is C44H26N2S2. The Balaban J connectivity index is 1.14. The molecule has 0 atom stereocenters. The van der Waals surface area contributed by atoms with Gasteiger partial charge in [-0.3, -0.25) is 0 Å². The third kappa shape index (κ3) is 3.79. The van der Waals surface area contributed by atoms with Crippen LogP contribution in [0.25, 0.3) is 84.0 Å². The molecule has 11 rings (SSSR count). The number of nitrogens with one attached hydrogen (secondary N) is 1. The fraction of sp³-hybridized carbons (Fsp3) is 0. The predicted octanol–water partition coefficient (Wildman–Crippen LogP) is 13.8. The van der Waals surface area contributed by atoms with Crippen molar-refractivity contribution in [2.75, 3.05) is 4.90 Å². The van der Waals surface area contributed by atoms with Gasteiger partial charge in [-0.25, -0.2) is 0 Å². The highest BCUT2D eigenvalue weighted by Gasteiger charge is 2.20. The minimum atomic E-state index is 1.13. The molecule has 0 bridgehead atoms. The molecular weight excluding hydrogens is 621 g/mol. The Kier molecular flexibility index (Phi) is 5.45. The summed E-state index contributed by atoms with van der Waals surface area (Å²) in [6.07, 6.45) is 0. The van der Waals surface area contributed by atoms with E-state index in [0.717, 1.165) is 17.1 Å². The largest absolute Gasteiger partial charge is 0.354 e. The molecule has 3 aromatic heterocycles. The fourth-order valence-corrected chi connectivity index (χ4v) is 10.1. The van der Waals surface area contributed by atoms with Crippen molar-refractivity contribution in [2.24, 2.45) is 0 Å². The summed E-state index contributed by atoms with van der Waals surface area (Å²) in [7, 11) is 0. The third-order valence-corrected chi connectivity index (χ3v) is 12.3. The van der Waals surface area contributed by atoms with E-state index >= 15 is 0 Å². The summed E-state index contributed by atoms with van der Waals surface area (Å²) in [5, 5.41) is 10.5. The van der Waals surface area contributed by atoms with Gasteiger partial charge in [0.25, 0.3) is 0 Å². The molecule has 48 heavy (non-hydrogen) atoms. The molecule has 0 saturated carbocycles. The second-order valence-electron chi connectivity index (χ2n) is 12.6. The minimum absolute atomic E-state index is 1.13. The quantitative estimate of drug-likeness (QED) is 0.189. The van der Waals surface area contributed by atoms with Crippen molar-refractivity contribution in [2.45, 2.75) is 0 Å². The van der Waals surface area contributed by atoms with Crippen molar-refractivity contribution < 1.29 is 0 Å². The predicted molar refractivity (Wildman–Crippen MR) is 210 cm³/mol. The molecule has 0 fully saturated rings. The van der Waals surface area contributed by atoms with E-state index in [1.165, 1.54) is 84.0 Å². The standard InChI is InChI=1S/C44H26N2S2/c1-2-8-26(9-3-1)27-14-17-29(18-15-27)46(30-19-21-34-32-10-4-6-12-39(32)47-41(34)24-30)31-22-28-16-20-35-43-38(45-37(23-31)42(28)43)25-36-33-11-5-7-13-40(33)48-44(35)36/h1-25,45H. The maximum atomic E-state index is 3.86. The molecule has 0 aliphatic rings. The number of hydrogen-bond acceptors (Lipinski definition) is 3. The number of aromatic nitrogens is 1. The number of nitrogens with zero attached hydrogens (tertiary/aromatic N) is 1. The molecule has 2 nitrogen and oxygen atoms in total. The van der Waals surface area contributed by atoms with Crippen molar-refractivity contribution in [3.8, 4) is 11.1 Å². The number of aromatic amines is 1. The van der Waals surface area contributed by atoms with Gasteiger partial charge in [-0.1, -0.05) is 97.1 Å². The average molecular weight is 647 g/mol. The molecule has 4 heteroatoms. The first-order valence-corrected chi connectivity index (χ1v) is 17.9. The van der Waals surface area contributed by atoms with Crippen LogP contribution in [0.3, 0.4) is 0 Å². The van der Waals surface area contributed by atoms with Crippen LogP contribution >= 0.6 is 22.7 Å². The summed E-state index contributed by atoms with van der Waals surface area (Å²) in [5.74, 6) is 0. The first-order chi connectivity index (χ1) is 23.8. The van der Waals surface area contributed by atoms with Crippen LogP contribution in [0, 0.1) is 0 Å². The van der Waals surface area contributed by atoms with E-state index in [4.69, 9.17) is 0 Å². The zero-order valence-corrected chi connectivity index (χ0v) is 27.3. The van der Waals surface area contributed by atoms with E-state index in [1.807, 2.05) is 22.7 Å². The van der Waals surface area contributed by atoms with Crippen LogP contribution in [0.4, 0.5) is 17.1 Å². The Bertz CT molecular complexity index is 3000. The van der Waals surface area contributed by atoms with E-state index in [1.54, 1.807) is 0 Å². The summed E-state index contributed by atoms with van der Waals surface area (Å²) in [6.45, 7) is 0. The van der Waals surface area contributed by atoms with Gasteiger partial charge in [0.1, 0.15) is 0 Å². The Hall–Kier alpha value is -5.68. The van der Waals surface area contributed by atoms with E-state index in [0.29, 0.717) is 0 Å². The van der Waals surface area contributed by atoms with E-state index in [2.05, 4.69) is 162 Å². The molecule has 3 heterocycles. The monoisotopic (exact) mass is 646 g/mol. The van der Waals surface area contributed by atoms with Crippen LogP contribution in [0.5, 0.6) is 0 Å². The van der Waals surface area contributed by atoms with Gasteiger partial charge < -0.3 is 9.88 Å². The van der Waals surface area contributed by atoms with Crippen LogP contribution in [0.2, 0.25) is 0 Å². The summed E-state index contributed by atoms with van der Waals surface area (Å²) >= 11 is 3.76. The Morgan fingerprint density at radius 1 is 0.396 bits per heavy atom. The molecule has 0 aliphatic carbocycles. The lowest BCUT2D eigenvalue weighted by molar-refractivity contribution is 1.30. The molecule has 1 N–H and O–H groups in total. The van der Waals surface area contributed by atoms with Crippen LogP contribution in [-0.4, -0.2) is 4.98 Å². The number of thiophene rings is 2. The molecule has 224 valence electrons. The van der Waals surface area contributed by atoms with E-state index in [9.17, 15) is 0 Å². The van der Waals surface area contributed by atoms with Crippen LogP contribution in [0.1, 0.15) is 0 Å². The second-order valence-corrected chi connectivity index (χ2v) is 14.8. The summed E-state index contributed by atoms with van der Waals surface area (Å²) in [6, 6.07) is 55.8.